The van der Waals surface area contributed by atoms with Crippen LogP contribution >= 0.6 is 23.2 Å². The molecule has 4 rings (SSSR count). The number of hydrogen-bond acceptors (Lipinski definition) is 3. The van der Waals surface area contributed by atoms with Crippen LogP contribution in [0.1, 0.15) is 18.4 Å². The van der Waals surface area contributed by atoms with E-state index >= 15 is 0 Å². The summed E-state index contributed by atoms with van der Waals surface area (Å²) >= 11 is 12.3. The SMILES string of the molecule is O=c1[nH]ccc2cc(OC3CCN(Cc4ccc(Cl)cc4)CC3)c(Cl)cc12. The lowest BCUT2D eigenvalue weighted by Crippen LogP contribution is -2.37. The minimum absolute atomic E-state index is 0.128. The van der Waals surface area contributed by atoms with Gasteiger partial charge in [-0.05, 0) is 54.1 Å². The number of piperidine rings is 1. The average Bonchev–Trinajstić information content (AvgIpc) is 2.67. The molecule has 27 heavy (non-hydrogen) atoms. The van der Waals surface area contributed by atoms with Crippen molar-refractivity contribution in [2.45, 2.75) is 25.5 Å². The molecule has 2 heterocycles. The van der Waals surface area contributed by atoms with Crippen molar-refractivity contribution in [1.29, 1.82) is 0 Å². The van der Waals surface area contributed by atoms with Crippen molar-refractivity contribution in [2.75, 3.05) is 13.1 Å². The summed E-state index contributed by atoms with van der Waals surface area (Å²) in [5.74, 6) is 0.644. The molecule has 2 aromatic carbocycles. The zero-order valence-electron chi connectivity index (χ0n) is 14.8. The lowest BCUT2D eigenvalue weighted by Gasteiger charge is -2.32. The predicted molar refractivity (Wildman–Crippen MR) is 110 cm³/mol. The number of fused-ring (bicyclic) bond motifs is 1. The van der Waals surface area contributed by atoms with Gasteiger partial charge in [0.1, 0.15) is 11.9 Å². The Hall–Kier alpha value is -2.01. The number of hydrogen-bond donors (Lipinski definition) is 1. The van der Waals surface area contributed by atoms with E-state index in [1.54, 1.807) is 12.3 Å². The van der Waals surface area contributed by atoms with Crippen LogP contribution < -0.4 is 10.3 Å². The molecule has 6 heteroatoms. The second-order valence-corrected chi connectivity index (χ2v) is 7.74. The molecule has 1 N–H and O–H groups in total. The van der Waals surface area contributed by atoms with E-state index in [1.807, 2.05) is 24.3 Å². The van der Waals surface area contributed by atoms with E-state index in [1.165, 1.54) is 5.56 Å². The Kier molecular flexibility index (Phi) is 5.39. The highest BCUT2D eigenvalue weighted by molar-refractivity contribution is 6.32. The first kappa shape index (κ1) is 18.4. The Bertz CT molecular complexity index is 993. The Morgan fingerprint density at radius 2 is 1.81 bits per heavy atom. The molecule has 0 unspecified atom stereocenters. The lowest BCUT2D eigenvalue weighted by molar-refractivity contribution is 0.0970. The fourth-order valence-corrected chi connectivity index (χ4v) is 3.83. The van der Waals surface area contributed by atoms with Crippen LogP contribution in [0, 0.1) is 0 Å². The van der Waals surface area contributed by atoms with Crippen LogP contribution in [0.2, 0.25) is 10.0 Å². The highest BCUT2D eigenvalue weighted by Gasteiger charge is 2.21. The van der Waals surface area contributed by atoms with Gasteiger partial charge in [0.25, 0.3) is 5.56 Å². The number of halogens is 2. The number of H-pyrrole nitrogens is 1. The maximum absolute atomic E-state index is 11.9. The van der Waals surface area contributed by atoms with E-state index in [9.17, 15) is 4.79 Å². The Morgan fingerprint density at radius 3 is 2.56 bits per heavy atom. The third-order valence-corrected chi connectivity index (χ3v) is 5.52. The number of nitrogens with one attached hydrogen (secondary N) is 1. The second kappa shape index (κ2) is 7.93. The van der Waals surface area contributed by atoms with Crippen LogP contribution in [0.3, 0.4) is 0 Å². The molecule has 0 bridgehead atoms. The molecule has 1 saturated heterocycles. The summed E-state index contributed by atoms with van der Waals surface area (Å²) in [6, 6.07) is 13.4. The third-order valence-electron chi connectivity index (χ3n) is 4.97. The van der Waals surface area contributed by atoms with Gasteiger partial charge in [0, 0.05) is 36.2 Å². The van der Waals surface area contributed by atoms with E-state index in [2.05, 4.69) is 22.0 Å². The van der Waals surface area contributed by atoms with Crippen molar-refractivity contribution >= 4 is 34.0 Å². The topological polar surface area (TPSA) is 45.3 Å². The van der Waals surface area contributed by atoms with Crippen LogP contribution in [-0.4, -0.2) is 29.1 Å². The van der Waals surface area contributed by atoms with Crippen LogP contribution in [0.15, 0.2) is 53.5 Å². The van der Waals surface area contributed by atoms with Gasteiger partial charge in [-0.1, -0.05) is 35.3 Å². The fraction of sp³-hybridized carbons (Fsp3) is 0.286. The van der Waals surface area contributed by atoms with Crippen molar-refractivity contribution in [3.05, 3.63) is 74.6 Å². The van der Waals surface area contributed by atoms with Gasteiger partial charge in [0.05, 0.1) is 5.02 Å². The highest BCUT2D eigenvalue weighted by atomic mass is 35.5. The Balaban J connectivity index is 1.39. The zero-order chi connectivity index (χ0) is 18.8. The summed E-state index contributed by atoms with van der Waals surface area (Å²) in [6.45, 7) is 2.86. The largest absolute Gasteiger partial charge is 0.489 e. The minimum atomic E-state index is -0.142. The zero-order valence-corrected chi connectivity index (χ0v) is 16.3. The Labute approximate surface area is 167 Å². The number of benzene rings is 2. The van der Waals surface area contributed by atoms with Crippen LogP contribution in [0.25, 0.3) is 10.8 Å². The molecular weight excluding hydrogens is 383 g/mol. The van der Waals surface area contributed by atoms with Crippen molar-refractivity contribution in [2.24, 2.45) is 0 Å². The summed E-state index contributed by atoms with van der Waals surface area (Å²) < 4.78 is 6.16. The lowest BCUT2D eigenvalue weighted by atomic mass is 10.1. The van der Waals surface area contributed by atoms with Gasteiger partial charge in [-0.2, -0.15) is 0 Å². The maximum Gasteiger partial charge on any atom is 0.255 e. The van der Waals surface area contributed by atoms with Crippen molar-refractivity contribution in [3.63, 3.8) is 0 Å². The van der Waals surface area contributed by atoms with Gasteiger partial charge in [-0.3, -0.25) is 9.69 Å². The Morgan fingerprint density at radius 1 is 1.07 bits per heavy atom. The van der Waals surface area contributed by atoms with Crippen molar-refractivity contribution < 1.29 is 4.74 Å². The number of pyridine rings is 1. The van der Waals surface area contributed by atoms with Crippen LogP contribution in [0.4, 0.5) is 0 Å². The molecule has 0 atom stereocenters. The molecule has 0 amide bonds. The number of likely N-dealkylation sites (tertiary alicyclic amines) is 1. The molecule has 1 aliphatic heterocycles. The fourth-order valence-electron chi connectivity index (χ4n) is 3.49. The first-order valence-electron chi connectivity index (χ1n) is 9.03. The molecule has 0 radical (unpaired) electrons. The summed E-state index contributed by atoms with van der Waals surface area (Å²) in [5.41, 5.74) is 1.12. The summed E-state index contributed by atoms with van der Waals surface area (Å²) in [6.07, 6.45) is 3.65. The molecule has 0 aliphatic carbocycles. The van der Waals surface area contributed by atoms with Gasteiger partial charge in [0.2, 0.25) is 0 Å². The van der Waals surface area contributed by atoms with E-state index in [0.717, 1.165) is 42.9 Å². The van der Waals surface area contributed by atoms with Gasteiger partial charge in [-0.25, -0.2) is 0 Å². The summed E-state index contributed by atoms with van der Waals surface area (Å²) in [7, 11) is 0. The highest BCUT2D eigenvalue weighted by Crippen LogP contribution is 2.31. The smallest absolute Gasteiger partial charge is 0.255 e. The predicted octanol–water partition coefficient (Wildman–Crippen LogP) is 4.88. The van der Waals surface area contributed by atoms with Gasteiger partial charge in [0.15, 0.2) is 0 Å². The summed E-state index contributed by atoms with van der Waals surface area (Å²) in [4.78, 5) is 17.0. The van der Waals surface area contributed by atoms with E-state index in [0.29, 0.717) is 16.2 Å². The second-order valence-electron chi connectivity index (χ2n) is 6.90. The number of nitrogens with zero attached hydrogens (tertiary/aromatic N) is 1. The normalized spacial score (nSPS) is 15.9. The molecule has 1 aliphatic rings. The first-order valence-corrected chi connectivity index (χ1v) is 9.78. The molecule has 3 aromatic rings. The van der Waals surface area contributed by atoms with E-state index < -0.39 is 0 Å². The minimum Gasteiger partial charge on any atom is -0.489 e. The number of aromatic amines is 1. The van der Waals surface area contributed by atoms with Crippen LogP contribution in [-0.2, 0) is 6.54 Å². The van der Waals surface area contributed by atoms with Crippen molar-refractivity contribution in [3.8, 4) is 5.75 Å². The molecule has 0 saturated carbocycles. The van der Waals surface area contributed by atoms with Crippen molar-refractivity contribution in [1.82, 2.24) is 9.88 Å². The van der Waals surface area contributed by atoms with Crippen LogP contribution in [0.5, 0.6) is 5.75 Å². The number of ether oxygens (including phenoxy) is 1. The van der Waals surface area contributed by atoms with Gasteiger partial charge < -0.3 is 9.72 Å². The molecule has 1 fully saturated rings. The molecule has 0 spiro atoms. The molecular formula is C21H20Cl2N2O2. The average molecular weight is 403 g/mol. The summed E-state index contributed by atoms with van der Waals surface area (Å²) in [5, 5.41) is 2.65. The number of aromatic nitrogens is 1. The monoisotopic (exact) mass is 402 g/mol. The quantitative estimate of drug-likeness (QED) is 0.676. The van der Waals surface area contributed by atoms with Gasteiger partial charge in [-0.15, -0.1) is 0 Å². The maximum atomic E-state index is 11.9. The molecule has 4 nitrogen and oxygen atoms in total. The first-order chi connectivity index (χ1) is 13.1. The molecule has 1 aromatic heterocycles. The standard InChI is InChI=1S/C21H20Cl2N2O2/c22-16-3-1-14(2-4-16)13-25-9-6-17(7-10-25)27-20-11-15-5-8-24-21(26)18(15)12-19(20)23/h1-5,8,11-12,17H,6-7,9-10,13H2,(H,24,26). The number of rotatable bonds is 4. The van der Waals surface area contributed by atoms with Gasteiger partial charge >= 0.3 is 0 Å². The molecule has 140 valence electrons. The van der Waals surface area contributed by atoms with E-state index in [4.69, 9.17) is 27.9 Å². The van der Waals surface area contributed by atoms with E-state index in [-0.39, 0.29) is 11.7 Å². The third kappa shape index (κ3) is 4.29.